The van der Waals surface area contributed by atoms with Gasteiger partial charge < -0.3 is 20.5 Å². The van der Waals surface area contributed by atoms with Gasteiger partial charge in [0.05, 0.1) is 5.56 Å². The molecule has 0 aliphatic carbocycles. The highest BCUT2D eigenvalue weighted by Gasteiger charge is 2.25. The Labute approximate surface area is 193 Å². The maximum atomic E-state index is 14.0. The maximum absolute atomic E-state index is 14.0. The minimum absolute atomic E-state index is 0.104. The molecule has 2 aromatic rings. The number of ether oxygens (including phenoxy) is 1. The zero-order valence-corrected chi connectivity index (χ0v) is 19.4. The molecule has 0 unspecified atom stereocenters. The summed E-state index contributed by atoms with van der Waals surface area (Å²) < 4.78 is 50.7. The molecule has 0 aliphatic rings. The molecule has 4 N–H and O–H groups in total. The Kier molecular flexibility index (Phi) is 9.92. The number of anilines is 1. The van der Waals surface area contributed by atoms with Crippen LogP contribution in [-0.2, 0) is 6.61 Å². The second-order valence-electron chi connectivity index (χ2n) is 7.62. The smallest absolute Gasteiger partial charge is 0.344 e. The Morgan fingerprint density at radius 2 is 1.85 bits per heavy atom. The summed E-state index contributed by atoms with van der Waals surface area (Å²) >= 11 is 0.637. The molecule has 8 nitrogen and oxygen atoms in total. The summed E-state index contributed by atoms with van der Waals surface area (Å²) in [5, 5.41) is 17.7. The van der Waals surface area contributed by atoms with Gasteiger partial charge >= 0.3 is 12.0 Å². The number of aryl methyl sites for hydroxylation is 1. The zero-order chi connectivity index (χ0) is 24.5. The molecule has 0 atom stereocenters. The number of nitrogens with one attached hydrogen (secondary N) is 3. The Hall–Kier alpha value is -2.86. The first-order chi connectivity index (χ1) is 15.6. The molecular formula is C21H27F3N4O4S. The van der Waals surface area contributed by atoms with Gasteiger partial charge in [-0.15, -0.1) is 0 Å². The fraction of sp³-hybridized carbons (Fsp3) is 0.476. The topological polar surface area (TPSA) is 113 Å². The number of carbonyl (C=O) groups is 2. The Morgan fingerprint density at radius 3 is 2.52 bits per heavy atom. The average Bonchev–Trinajstić information content (AvgIpc) is 3.13. The summed E-state index contributed by atoms with van der Waals surface area (Å²) in [6.07, 6.45) is 2.62. The summed E-state index contributed by atoms with van der Waals surface area (Å²) in [5.41, 5.74) is -1.38. The number of hydrogen-bond donors (Lipinski definition) is 4. The van der Waals surface area contributed by atoms with Gasteiger partial charge in [0.1, 0.15) is 17.4 Å². The maximum Gasteiger partial charge on any atom is 0.344 e. The van der Waals surface area contributed by atoms with Crippen LogP contribution in [0.5, 0.6) is 5.88 Å². The normalized spacial score (nSPS) is 11.0. The predicted molar refractivity (Wildman–Crippen MR) is 118 cm³/mol. The van der Waals surface area contributed by atoms with Gasteiger partial charge in [-0.1, -0.05) is 20.3 Å². The number of unbranched alkanes of at least 4 members (excludes halogenated alkanes) is 2. The van der Waals surface area contributed by atoms with Crippen molar-refractivity contribution in [3.63, 3.8) is 0 Å². The highest BCUT2D eigenvalue weighted by Crippen LogP contribution is 2.31. The molecule has 1 aromatic heterocycles. The quantitative estimate of drug-likeness (QED) is 0.260. The van der Waals surface area contributed by atoms with Gasteiger partial charge in [0.25, 0.3) is 0 Å². The van der Waals surface area contributed by atoms with Gasteiger partial charge in [-0.05, 0) is 49.5 Å². The highest BCUT2D eigenvalue weighted by molar-refractivity contribution is 7.11. The third kappa shape index (κ3) is 7.60. The number of aromatic carboxylic acids is 1. The predicted octanol–water partition coefficient (Wildman–Crippen LogP) is 4.44. The van der Waals surface area contributed by atoms with E-state index in [1.54, 1.807) is 0 Å². The van der Waals surface area contributed by atoms with Crippen LogP contribution < -0.4 is 20.7 Å². The van der Waals surface area contributed by atoms with E-state index in [1.165, 1.54) is 6.92 Å². The molecular weight excluding hydrogens is 461 g/mol. The van der Waals surface area contributed by atoms with Crippen molar-refractivity contribution in [2.75, 3.05) is 18.4 Å². The third-order valence-corrected chi connectivity index (χ3v) is 5.33. The number of carboxylic acid groups (broad SMARTS) is 1. The molecule has 0 saturated carbocycles. The van der Waals surface area contributed by atoms with Crippen LogP contribution in [0.3, 0.4) is 0 Å². The number of benzene rings is 1. The molecule has 182 valence electrons. The van der Waals surface area contributed by atoms with Crippen molar-refractivity contribution in [2.24, 2.45) is 0 Å². The number of aromatic nitrogens is 1. The van der Waals surface area contributed by atoms with E-state index in [1.807, 2.05) is 0 Å². The third-order valence-electron chi connectivity index (χ3n) is 4.58. The highest BCUT2D eigenvalue weighted by atomic mass is 32.1. The summed E-state index contributed by atoms with van der Waals surface area (Å²) in [4.78, 5) is 23.7. The SMILES string of the molecule is Cc1cc(F)c(COc2nsc(NC(=O)NCCCCCNC(C)C)c2C(=O)O)c(F)c1F. The summed E-state index contributed by atoms with van der Waals surface area (Å²) in [5.74, 6) is -5.57. The van der Waals surface area contributed by atoms with Gasteiger partial charge in [-0.25, -0.2) is 22.8 Å². The second kappa shape index (κ2) is 12.4. The molecule has 2 rings (SSSR count). The van der Waals surface area contributed by atoms with Gasteiger partial charge in [-0.3, -0.25) is 5.32 Å². The number of urea groups is 1. The molecule has 0 bridgehead atoms. The fourth-order valence-electron chi connectivity index (χ4n) is 2.84. The molecule has 12 heteroatoms. The van der Waals surface area contributed by atoms with Crippen LogP contribution in [0.2, 0.25) is 0 Å². The minimum atomic E-state index is -1.46. The Bertz CT molecular complexity index is 985. The van der Waals surface area contributed by atoms with E-state index in [4.69, 9.17) is 4.74 Å². The van der Waals surface area contributed by atoms with Gasteiger partial charge in [0.2, 0.25) is 5.88 Å². The summed E-state index contributed by atoms with van der Waals surface area (Å²) in [7, 11) is 0. The van der Waals surface area contributed by atoms with Crippen LogP contribution in [0.1, 0.15) is 54.6 Å². The van der Waals surface area contributed by atoms with Crippen molar-refractivity contribution >= 4 is 28.5 Å². The number of halogens is 3. The number of nitrogens with zero attached hydrogens (tertiary/aromatic N) is 1. The van der Waals surface area contributed by atoms with E-state index in [0.29, 0.717) is 24.1 Å². The zero-order valence-electron chi connectivity index (χ0n) is 18.6. The molecule has 0 saturated heterocycles. The monoisotopic (exact) mass is 488 g/mol. The summed E-state index contributed by atoms with van der Waals surface area (Å²) in [6, 6.07) is 0.612. The van der Waals surface area contributed by atoms with Crippen LogP contribution in [-0.4, -0.2) is 40.6 Å². The molecule has 1 heterocycles. The van der Waals surface area contributed by atoms with E-state index in [2.05, 4.69) is 34.2 Å². The van der Waals surface area contributed by atoms with Crippen molar-refractivity contribution in [3.8, 4) is 5.88 Å². The minimum Gasteiger partial charge on any atom is -0.477 e. The van der Waals surface area contributed by atoms with Crippen LogP contribution >= 0.6 is 11.5 Å². The lowest BCUT2D eigenvalue weighted by atomic mass is 10.1. The lowest BCUT2D eigenvalue weighted by Gasteiger charge is -2.10. The number of carbonyl (C=O) groups excluding carboxylic acids is 1. The van der Waals surface area contributed by atoms with Crippen LogP contribution in [0.25, 0.3) is 0 Å². The molecule has 1 aromatic carbocycles. The van der Waals surface area contributed by atoms with Gasteiger partial charge in [0.15, 0.2) is 17.2 Å². The molecule has 2 amide bonds. The van der Waals surface area contributed by atoms with Crippen molar-refractivity contribution in [1.29, 1.82) is 0 Å². The van der Waals surface area contributed by atoms with Gasteiger partial charge in [0, 0.05) is 12.6 Å². The average molecular weight is 489 g/mol. The number of rotatable bonds is 12. The molecule has 0 fully saturated rings. The van der Waals surface area contributed by atoms with Crippen molar-refractivity contribution in [3.05, 3.63) is 40.2 Å². The molecule has 33 heavy (non-hydrogen) atoms. The van der Waals surface area contributed by atoms with Crippen molar-refractivity contribution in [1.82, 2.24) is 15.0 Å². The van der Waals surface area contributed by atoms with Crippen LogP contribution in [0.4, 0.5) is 23.0 Å². The van der Waals surface area contributed by atoms with Crippen LogP contribution in [0.15, 0.2) is 6.07 Å². The first kappa shape index (κ1) is 26.4. The molecule has 0 radical (unpaired) electrons. The Balaban J connectivity index is 1.93. The van der Waals surface area contributed by atoms with E-state index in [0.717, 1.165) is 31.9 Å². The van der Waals surface area contributed by atoms with E-state index in [-0.39, 0.29) is 10.6 Å². The Morgan fingerprint density at radius 1 is 1.15 bits per heavy atom. The number of amides is 2. The number of carboxylic acids is 1. The lowest BCUT2D eigenvalue weighted by molar-refractivity contribution is 0.0693. The largest absolute Gasteiger partial charge is 0.477 e. The van der Waals surface area contributed by atoms with Crippen molar-refractivity contribution < 1.29 is 32.6 Å². The van der Waals surface area contributed by atoms with Crippen molar-refractivity contribution in [2.45, 2.75) is 52.7 Å². The first-order valence-electron chi connectivity index (χ1n) is 10.4. The first-order valence-corrected chi connectivity index (χ1v) is 11.2. The van der Waals surface area contributed by atoms with E-state index < -0.39 is 53.1 Å². The standard InChI is InChI=1S/C21H27F3N4O4S/c1-11(2)25-7-5-4-6-8-26-21(31)27-19-15(20(29)30)18(28-33-19)32-10-13-14(22)9-12(3)16(23)17(13)24/h9,11,25H,4-8,10H2,1-3H3,(H,29,30)(H2,26,27,31). The van der Waals surface area contributed by atoms with Gasteiger partial charge in [-0.2, -0.15) is 4.37 Å². The fourth-order valence-corrected chi connectivity index (χ4v) is 3.56. The van der Waals surface area contributed by atoms with Crippen LogP contribution in [0, 0.1) is 24.4 Å². The molecule has 0 aliphatic heterocycles. The van der Waals surface area contributed by atoms with E-state index in [9.17, 15) is 27.9 Å². The summed E-state index contributed by atoms with van der Waals surface area (Å²) in [6.45, 7) is 5.84. The number of hydrogen-bond acceptors (Lipinski definition) is 6. The van der Waals surface area contributed by atoms with E-state index >= 15 is 0 Å². The lowest BCUT2D eigenvalue weighted by Crippen LogP contribution is -2.30. The second-order valence-corrected chi connectivity index (χ2v) is 8.39. The molecule has 0 spiro atoms.